The number of rotatable bonds is 7. The number of nitrogens with one attached hydrogen (secondary N) is 2. The van der Waals surface area contributed by atoms with Gasteiger partial charge >= 0.3 is 12.0 Å². The van der Waals surface area contributed by atoms with Crippen LogP contribution >= 0.6 is 0 Å². The SMILES string of the molecule is CC(CCS(C)=O)NC(=O)NC(C(=O)O)c1cnn(C)c1. The molecule has 3 N–H and O–H groups in total. The fourth-order valence-corrected chi connectivity index (χ4v) is 2.37. The Balaban J connectivity index is 2.57. The van der Waals surface area contributed by atoms with Crippen molar-refractivity contribution >= 4 is 22.8 Å². The Kier molecular flexibility index (Phi) is 6.35. The molecule has 0 bridgehead atoms. The summed E-state index contributed by atoms with van der Waals surface area (Å²) >= 11 is 0. The number of urea groups is 1. The standard InChI is InChI=1S/C12H20N4O4S/c1-8(4-5-21(3)20)14-12(19)15-10(11(17)18)9-6-13-16(2)7-9/h6-8,10H,4-5H2,1-3H3,(H,17,18)(H2,14,15,19). The number of carboxylic acids is 1. The van der Waals surface area contributed by atoms with Crippen LogP contribution in [-0.2, 0) is 22.6 Å². The lowest BCUT2D eigenvalue weighted by Crippen LogP contribution is -2.44. The lowest BCUT2D eigenvalue weighted by atomic mass is 10.1. The fraction of sp³-hybridized carbons (Fsp3) is 0.583. The molecule has 0 aliphatic rings. The van der Waals surface area contributed by atoms with E-state index in [-0.39, 0.29) is 6.04 Å². The Bertz CT molecular complexity index is 531. The average Bonchev–Trinajstić information content (AvgIpc) is 2.79. The Hall–Kier alpha value is -1.90. The quantitative estimate of drug-likeness (QED) is 0.655. The number of carbonyl (C=O) groups excluding carboxylic acids is 1. The zero-order valence-corrected chi connectivity index (χ0v) is 13.0. The number of nitrogens with zero attached hydrogens (tertiary/aromatic N) is 2. The molecule has 3 atom stereocenters. The van der Waals surface area contributed by atoms with Crippen LogP contribution in [0.3, 0.4) is 0 Å². The fourth-order valence-electron chi connectivity index (χ4n) is 1.69. The molecule has 0 saturated carbocycles. The normalized spacial score (nSPS) is 15.0. The van der Waals surface area contributed by atoms with Crippen LogP contribution in [0.1, 0.15) is 24.9 Å². The van der Waals surface area contributed by atoms with Crippen LogP contribution in [-0.4, -0.2) is 49.1 Å². The van der Waals surface area contributed by atoms with Gasteiger partial charge in [0.1, 0.15) is 0 Å². The molecule has 0 radical (unpaired) electrons. The monoisotopic (exact) mass is 316 g/mol. The van der Waals surface area contributed by atoms with Gasteiger partial charge in [0.15, 0.2) is 6.04 Å². The van der Waals surface area contributed by atoms with Gasteiger partial charge in [-0.1, -0.05) is 0 Å². The summed E-state index contributed by atoms with van der Waals surface area (Å²) in [4.78, 5) is 23.0. The van der Waals surface area contributed by atoms with Crippen molar-refractivity contribution in [2.24, 2.45) is 7.05 Å². The topological polar surface area (TPSA) is 113 Å². The van der Waals surface area contributed by atoms with Crippen LogP contribution in [0.2, 0.25) is 0 Å². The first-order valence-corrected chi connectivity index (χ1v) is 8.10. The summed E-state index contributed by atoms with van der Waals surface area (Å²) in [5.41, 5.74) is 0.391. The maximum Gasteiger partial charge on any atom is 0.331 e. The second kappa shape index (κ2) is 7.77. The van der Waals surface area contributed by atoms with Crippen molar-refractivity contribution < 1.29 is 18.9 Å². The molecular formula is C12H20N4O4S. The van der Waals surface area contributed by atoms with Crippen LogP contribution < -0.4 is 10.6 Å². The van der Waals surface area contributed by atoms with Gasteiger partial charge in [0, 0.05) is 47.7 Å². The summed E-state index contributed by atoms with van der Waals surface area (Å²) in [6.45, 7) is 1.77. The number of carbonyl (C=O) groups is 2. The molecule has 0 aliphatic carbocycles. The lowest BCUT2D eigenvalue weighted by Gasteiger charge is -2.17. The minimum Gasteiger partial charge on any atom is -0.479 e. The second-order valence-corrected chi connectivity index (χ2v) is 6.36. The minimum atomic E-state index is -1.17. The van der Waals surface area contributed by atoms with Crippen molar-refractivity contribution in [2.75, 3.05) is 12.0 Å². The number of hydrogen-bond donors (Lipinski definition) is 3. The smallest absolute Gasteiger partial charge is 0.331 e. The van der Waals surface area contributed by atoms with E-state index in [1.165, 1.54) is 17.1 Å². The van der Waals surface area contributed by atoms with E-state index in [9.17, 15) is 18.9 Å². The molecule has 118 valence electrons. The van der Waals surface area contributed by atoms with Gasteiger partial charge in [0.05, 0.1) is 6.20 Å². The number of aryl methyl sites for hydroxylation is 1. The first-order valence-electron chi connectivity index (χ1n) is 6.38. The summed E-state index contributed by atoms with van der Waals surface area (Å²) in [6, 6.07) is -1.94. The van der Waals surface area contributed by atoms with Crippen molar-refractivity contribution in [3.8, 4) is 0 Å². The molecule has 21 heavy (non-hydrogen) atoms. The predicted molar refractivity (Wildman–Crippen MR) is 78.3 cm³/mol. The molecule has 0 spiro atoms. The van der Waals surface area contributed by atoms with E-state index in [1.807, 2.05) is 0 Å². The molecule has 0 fully saturated rings. The maximum atomic E-state index is 11.8. The van der Waals surface area contributed by atoms with Crippen molar-refractivity contribution in [3.63, 3.8) is 0 Å². The van der Waals surface area contributed by atoms with E-state index in [4.69, 9.17) is 0 Å². The number of hydrogen-bond acceptors (Lipinski definition) is 4. The highest BCUT2D eigenvalue weighted by molar-refractivity contribution is 7.84. The largest absolute Gasteiger partial charge is 0.479 e. The van der Waals surface area contributed by atoms with Crippen LogP contribution in [0.15, 0.2) is 12.4 Å². The van der Waals surface area contributed by atoms with Gasteiger partial charge in [-0.25, -0.2) is 9.59 Å². The maximum absolute atomic E-state index is 11.8. The Morgan fingerprint density at radius 2 is 2.14 bits per heavy atom. The molecule has 9 heteroatoms. The van der Waals surface area contributed by atoms with Crippen LogP contribution in [0, 0.1) is 0 Å². The van der Waals surface area contributed by atoms with Crippen molar-refractivity contribution in [1.29, 1.82) is 0 Å². The van der Waals surface area contributed by atoms with Crippen LogP contribution in [0.5, 0.6) is 0 Å². The average molecular weight is 316 g/mol. The summed E-state index contributed by atoms with van der Waals surface area (Å²) in [6.07, 6.45) is 5.07. The van der Waals surface area contributed by atoms with E-state index in [2.05, 4.69) is 15.7 Å². The molecule has 0 aliphatic heterocycles. The van der Waals surface area contributed by atoms with Crippen molar-refractivity contribution in [1.82, 2.24) is 20.4 Å². The van der Waals surface area contributed by atoms with E-state index < -0.39 is 28.8 Å². The second-order valence-electron chi connectivity index (χ2n) is 4.80. The number of aliphatic carboxylic acids is 1. The number of aromatic nitrogens is 2. The summed E-state index contributed by atoms with van der Waals surface area (Å²) < 4.78 is 12.4. The minimum absolute atomic E-state index is 0.197. The first kappa shape index (κ1) is 17.2. The Morgan fingerprint density at radius 1 is 1.48 bits per heavy atom. The molecule has 3 unspecified atom stereocenters. The number of amides is 2. The molecule has 1 heterocycles. The molecule has 0 aromatic carbocycles. The van der Waals surface area contributed by atoms with Crippen LogP contribution in [0.25, 0.3) is 0 Å². The van der Waals surface area contributed by atoms with Crippen LogP contribution in [0.4, 0.5) is 4.79 Å². The predicted octanol–water partition coefficient (Wildman–Crippen LogP) is 0.00210. The van der Waals surface area contributed by atoms with Gasteiger partial charge in [-0.15, -0.1) is 0 Å². The molecule has 1 aromatic heterocycles. The van der Waals surface area contributed by atoms with Gasteiger partial charge in [0.2, 0.25) is 0 Å². The highest BCUT2D eigenvalue weighted by Gasteiger charge is 2.23. The highest BCUT2D eigenvalue weighted by atomic mass is 32.2. The Morgan fingerprint density at radius 3 is 2.62 bits per heavy atom. The summed E-state index contributed by atoms with van der Waals surface area (Å²) in [7, 11) is 0.739. The van der Waals surface area contributed by atoms with Gasteiger partial charge in [-0.2, -0.15) is 5.10 Å². The number of carboxylic acid groups (broad SMARTS) is 1. The highest BCUT2D eigenvalue weighted by Crippen LogP contribution is 2.11. The first-order chi connectivity index (χ1) is 9.79. The van der Waals surface area contributed by atoms with Gasteiger partial charge in [0.25, 0.3) is 0 Å². The molecule has 8 nitrogen and oxygen atoms in total. The summed E-state index contributed by atoms with van der Waals surface area (Å²) in [5, 5.41) is 18.1. The molecule has 2 amide bonds. The van der Waals surface area contributed by atoms with Gasteiger partial charge in [-0.3, -0.25) is 8.89 Å². The van der Waals surface area contributed by atoms with E-state index in [0.717, 1.165) is 0 Å². The third-order valence-corrected chi connectivity index (χ3v) is 3.61. The molecule has 1 rings (SSSR count). The molecule has 1 aromatic rings. The van der Waals surface area contributed by atoms with Gasteiger partial charge in [-0.05, 0) is 13.3 Å². The van der Waals surface area contributed by atoms with Gasteiger partial charge < -0.3 is 15.7 Å². The Labute approximate surface area is 125 Å². The van der Waals surface area contributed by atoms with E-state index in [1.54, 1.807) is 20.2 Å². The molecule has 0 saturated heterocycles. The molecular weight excluding hydrogens is 296 g/mol. The van der Waals surface area contributed by atoms with E-state index in [0.29, 0.717) is 17.7 Å². The zero-order valence-electron chi connectivity index (χ0n) is 12.2. The summed E-state index contributed by atoms with van der Waals surface area (Å²) in [5.74, 6) is -0.688. The zero-order chi connectivity index (χ0) is 16.0. The third kappa shape index (κ3) is 5.94. The van der Waals surface area contributed by atoms with Crippen molar-refractivity contribution in [3.05, 3.63) is 18.0 Å². The lowest BCUT2D eigenvalue weighted by molar-refractivity contribution is -0.139. The van der Waals surface area contributed by atoms with E-state index >= 15 is 0 Å². The third-order valence-electron chi connectivity index (χ3n) is 2.80. The van der Waals surface area contributed by atoms with Crippen molar-refractivity contribution in [2.45, 2.75) is 25.4 Å².